The van der Waals surface area contributed by atoms with E-state index in [9.17, 15) is 28.8 Å². The highest BCUT2D eigenvalue weighted by Crippen LogP contribution is 2.29. The number of rotatable bonds is 6. The minimum absolute atomic E-state index is 0.105. The van der Waals surface area contributed by atoms with Crippen LogP contribution in [0.3, 0.4) is 0 Å². The smallest absolute Gasteiger partial charge is 0.335 e. The Morgan fingerprint density at radius 2 is 0.622 bits per heavy atom. The van der Waals surface area contributed by atoms with Gasteiger partial charge in [0.05, 0.1) is 16.7 Å². The molecule has 1 aromatic carbocycles. The van der Waals surface area contributed by atoms with Crippen LogP contribution in [0.1, 0.15) is 129 Å². The molecule has 3 aliphatic rings. The van der Waals surface area contributed by atoms with Gasteiger partial charge < -0.3 is 32.5 Å². The molecule has 4 rings (SSSR count). The molecule has 0 radical (unpaired) electrons. The Bertz CT molecular complexity index is 1010. The van der Waals surface area contributed by atoms with Gasteiger partial charge in [-0.05, 0) is 113 Å². The van der Waals surface area contributed by atoms with Gasteiger partial charge in [-0.3, -0.25) is 14.4 Å². The molecular weight excluding hydrogens is 582 g/mol. The van der Waals surface area contributed by atoms with E-state index in [2.05, 4.69) is 20.8 Å². The Labute approximate surface area is 265 Å². The van der Waals surface area contributed by atoms with E-state index in [0.717, 1.165) is 74.5 Å². The molecule has 12 heteroatoms. The molecule has 0 spiro atoms. The van der Waals surface area contributed by atoms with Gasteiger partial charge in [0.2, 0.25) is 17.7 Å². The number of amides is 3. The first-order valence-corrected chi connectivity index (χ1v) is 15.7. The van der Waals surface area contributed by atoms with Gasteiger partial charge in [-0.15, -0.1) is 0 Å². The number of carboxylic acids is 3. The quantitative estimate of drug-likeness (QED) is 0.254. The number of hydrogen-bond donors (Lipinski definition) is 6. The highest BCUT2D eigenvalue weighted by molar-refractivity contribution is 5.98. The number of primary amides is 3. The molecule has 3 amide bonds. The average molecular weight is 634 g/mol. The van der Waals surface area contributed by atoms with Crippen LogP contribution in [-0.2, 0) is 14.4 Å². The fourth-order valence-corrected chi connectivity index (χ4v) is 5.63. The number of aromatic carboxylic acids is 3. The fraction of sp³-hybridized carbons (Fsp3) is 0.636. The Morgan fingerprint density at radius 1 is 0.444 bits per heavy atom. The third-order valence-corrected chi connectivity index (χ3v) is 8.93. The van der Waals surface area contributed by atoms with E-state index in [1.165, 1.54) is 38.5 Å². The molecule has 45 heavy (non-hydrogen) atoms. The van der Waals surface area contributed by atoms with Gasteiger partial charge in [0.25, 0.3) is 0 Å². The van der Waals surface area contributed by atoms with Crippen molar-refractivity contribution in [3.05, 3.63) is 34.9 Å². The van der Waals surface area contributed by atoms with Crippen LogP contribution in [0.5, 0.6) is 0 Å². The SMILES string of the molecule is CC1CCC(C(N)=O)CC1.CC1CCC(C(N)=O)CC1.CC1CCC(C(N)=O)CC1.O=C(O)c1cc(C(=O)O)cc(C(=O)O)c1. The van der Waals surface area contributed by atoms with Crippen LogP contribution in [0.15, 0.2) is 18.2 Å². The van der Waals surface area contributed by atoms with Crippen molar-refractivity contribution in [1.29, 1.82) is 0 Å². The minimum atomic E-state index is -1.37. The maximum Gasteiger partial charge on any atom is 0.335 e. The second kappa shape index (κ2) is 19.4. The highest BCUT2D eigenvalue weighted by Gasteiger charge is 2.23. The molecule has 3 saturated carbocycles. The van der Waals surface area contributed by atoms with Crippen molar-refractivity contribution in [1.82, 2.24) is 0 Å². The van der Waals surface area contributed by atoms with E-state index in [1.54, 1.807) is 0 Å². The Hall–Kier alpha value is -3.96. The molecule has 0 heterocycles. The normalized spacial score (nSPS) is 25.7. The number of hydrogen-bond acceptors (Lipinski definition) is 6. The largest absolute Gasteiger partial charge is 0.478 e. The maximum atomic E-state index is 10.7. The van der Waals surface area contributed by atoms with E-state index in [-0.39, 0.29) is 52.2 Å². The van der Waals surface area contributed by atoms with Crippen molar-refractivity contribution in [3.8, 4) is 0 Å². The van der Waals surface area contributed by atoms with Gasteiger partial charge in [-0.1, -0.05) is 20.8 Å². The molecule has 0 atom stereocenters. The fourth-order valence-electron chi connectivity index (χ4n) is 5.63. The summed E-state index contributed by atoms with van der Waals surface area (Å²) in [6, 6.07) is 2.70. The van der Waals surface area contributed by atoms with Crippen molar-refractivity contribution in [2.24, 2.45) is 52.7 Å². The first-order chi connectivity index (χ1) is 21.0. The Morgan fingerprint density at radius 3 is 0.756 bits per heavy atom. The first kappa shape index (κ1) is 39.1. The van der Waals surface area contributed by atoms with Crippen LogP contribution < -0.4 is 17.2 Å². The van der Waals surface area contributed by atoms with Crippen molar-refractivity contribution in [3.63, 3.8) is 0 Å². The number of carbonyl (C=O) groups excluding carboxylic acids is 3. The summed E-state index contributed by atoms with van der Waals surface area (Å²) in [6.45, 7) is 6.70. The van der Waals surface area contributed by atoms with E-state index >= 15 is 0 Å². The summed E-state index contributed by atoms with van der Waals surface area (Å²) in [5.74, 6) is -1.50. The second-order valence-electron chi connectivity index (χ2n) is 12.8. The standard InChI is InChI=1S/C9H6O6.3C8H15NO/c10-7(11)4-1-5(8(12)13)3-6(2-4)9(14)15;3*1-6-2-4-7(5-3-6)8(9)10/h1-3H,(H,10,11)(H,12,13)(H,14,15);3*6-7H,2-5H2,1H3,(H2,9,10). The summed E-state index contributed by atoms with van der Waals surface area (Å²) in [4.78, 5) is 63.7. The number of carbonyl (C=O) groups is 6. The predicted molar refractivity (Wildman–Crippen MR) is 168 cm³/mol. The molecule has 12 nitrogen and oxygen atoms in total. The molecule has 3 aliphatic carbocycles. The van der Waals surface area contributed by atoms with Gasteiger partial charge in [0.1, 0.15) is 0 Å². The lowest BCUT2D eigenvalue weighted by atomic mass is 9.83. The Balaban J connectivity index is 0.000000305. The Kier molecular flexibility index (Phi) is 16.9. The first-order valence-electron chi connectivity index (χ1n) is 15.7. The highest BCUT2D eigenvalue weighted by atomic mass is 16.4. The maximum absolute atomic E-state index is 10.7. The zero-order valence-corrected chi connectivity index (χ0v) is 26.7. The summed E-state index contributed by atoms with van der Waals surface area (Å²) in [5, 5.41) is 25.8. The summed E-state index contributed by atoms with van der Waals surface area (Å²) in [5.41, 5.74) is 14.4. The van der Waals surface area contributed by atoms with E-state index in [1.807, 2.05) is 0 Å². The second-order valence-corrected chi connectivity index (χ2v) is 12.8. The van der Waals surface area contributed by atoms with Crippen LogP contribution in [0, 0.1) is 35.5 Å². The monoisotopic (exact) mass is 633 g/mol. The molecule has 252 valence electrons. The van der Waals surface area contributed by atoms with E-state index < -0.39 is 17.9 Å². The molecule has 0 bridgehead atoms. The van der Waals surface area contributed by atoms with Crippen molar-refractivity contribution >= 4 is 35.6 Å². The minimum Gasteiger partial charge on any atom is -0.478 e. The molecular formula is C33H51N3O9. The lowest BCUT2D eigenvalue weighted by molar-refractivity contribution is -0.123. The van der Waals surface area contributed by atoms with Crippen LogP contribution >= 0.6 is 0 Å². The van der Waals surface area contributed by atoms with Gasteiger partial charge >= 0.3 is 17.9 Å². The summed E-state index contributed by atoms with van der Waals surface area (Å²) >= 11 is 0. The van der Waals surface area contributed by atoms with Gasteiger partial charge in [0.15, 0.2) is 0 Å². The van der Waals surface area contributed by atoms with E-state index in [0.29, 0.717) is 0 Å². The van der Waals surface area contributed by atoms with Crippen molar-refractivity contribution < 1.29 is 44.1 Å². The lowest BCUT2D eigenvalue weighted by Crippen LogP contribution is -2.26. The van der Waals surface area contributed by atoms with Crippen LogP contribution in [-0.4, -0.2) is 50.9 Å². The molecule has 1 aromatic rings. The van der Waals surface area contributed by atoms with Crippen molar-refractivity contribution in [2.45, 2.75) is 97.8 Å². The third kappa shape index (κ3) is 15.1. The van der Waals surface area contributed by atoms with Crippen LogP contribution in [0.25, 0.3) is 0 Å². The van der Waals surface area contributed by atoms with Crippen LogP contribution in [0.4, 0.5) is 0 Å². The third-order valence-electron chi connectivity index (χ3n) is 8.93. The number of benzene rings is 1. The van der Waals surface area contributed by atoms with Crippen molar-refractivity contribution in [2.75, 3.05) is 0 Å². The predicted octanol–water partition coefficient (Wildman–Crippen LogP) is 4.68. The van der Waals surface area contributed by atoms with Gasteiger partial charge in [-0.2, -0.15) is 0 Å². The molecule has 0 unspecified atom stereocenters. The van der Waals surface area contributed by atoms with Gasteiger partial charge in [-0.25, -0.2) is 14.4 Å². The topological polar surface area (TPSA) is 241 Å². The summed E-state index contributed by atoms with van der Waals surface area (Å²) in [7, 11) is 0. The molecule has 0 aromatic heterocycles. The molecule has 9 N–H and O–H groups in total. The van der Waals surface area contributed by atoms with Crippen LogP contribution in [0.2, 0.25) is 0 Å². The number of carboxylic acid groups (broad SMARTS) is 3. The zero-order valence-electron chi connectivity index (χ0n) is 26.7. The van der Waals surface area contributed by atoms with E-state index in [4.69, 9.17) is 32.5 Å². The summed E-state index contributed by atoms with van der Waals surface area (Å²) < 4.78 is 0. The molecule has 0 aliphatic heterocycles. The number of nitrogens with two attached hydrogens (primary N) is 3. The zero-order chi connectivity index (χ0) is 34.3. The average Bonchev–Trinajstić information content (AvgIpc) is 2.98. The lowest BCUT2D eigenvalue weighted by Gasteiger charge is -2.23. The summed E-state index contributed by atoms with van der Waals surface area (Å²) in [6.07, 6.45) is 13.1. The van der Waals surface area contributed by atoms with Gasteiger partial charge in [0, 0.05) is 17.8 Å². The molecule has 3 fully saturated rings. The molecule has 0 saturated heterocycles.